The fraction of sp³-hybridized carbons (Fsp3) is 0.100. The smallest absolute Gasteiger partial charge is 0.251 e. The average Bonchev–Trinajstić information content (AvgIpc) is 2.67. The summed E-state index contributed by atoms with van der Waals surface area (Å²) in [5.41, 5.74) is 3.84. The van der Waals surface area contributed by atoms with Crippen LogP contribution in [0.2, 0.25) is 0 Å². The number of carbonyl (C=O) groups is 1. The molecule has 0 radical (unpaired) electrons. The van der Waals surface area contributed by atoms with E-state index in [1.807, 2.05) is 61.0 Å². The van der Waals surface area contributed by atoms with E-state index in [1.165, 1.54) is 4.90 Å². The number of thioether (sulfide) groups is 1. The number of amides is 1. The molecule has 0 saturated carbocycles. The summed E-state index contributed by atoms with van der Waals surface area (Å²) >= 11 is 1.71. The summed E-state index contributed by atoms with van der Waals surface area (Å²) in [6.45, 7) is 0.526. The van der Waals surface area contributed by atoms with Gasteiger partial charge in [-0.3, -0.25) is 9.78 Å². The van der Waals surface area contributed by atoms with Crippen molar-refractivity contribution in [1.29, 1.82) is 0 Å². The minimum Gasteiger partial charge on any atom is -0.348 e. The molecule has 0 aliphatic heterocycles. The van der Waals surface area contributed by atoms with Gasteiger partial charge in [-0.2, -0.15) is 0 Å². The normalized spacial score (nSPS) is 10.4. The van der Waals surface area contributed by atoms with Gasteiger partial charge in [0.05, 0.1) is 0 Å². The molecule has 3 rings (SSSR count). The van der Waals surface area contributed by atoms with E-state index in [1.54, 1.807) is 18.0 Å². The van der Waals surface area contributed by atoms with Gasteiger partial charge in [0.1, 0.15) is 0 Å². The fourth-order valence-corrected chi connectivity index (χ4v) is 2.78. The van der Waals surface area contributed by atoms with Crippen LogP contribution in [0.15, 0.2) is 78.0 Å². The van der Waals surface area contributed by atoms with Crippen molar-refractivity contribution < 1.29 is 4.79 Å². The first-order valence-electron chi connectivity index (χ1n) is 7.68. The zero-order valence-electron chi connectivity index (χ0n) is 13.4. The Balaban J connectivity index is 1.62. The Morgan fingerprint density at radius 2 is 1.75 bits per heavy atom. The van der Waals surface area contributed by atoms with Crippen LogP contribution in [0.5, 0.6) is 0 Å². The van der Waals surface area contributed by atoms with Crippen molar-refractivity contribution in [3.05, 3.63) is 84.2 Å². The number of carbonyl (C=O) groups excluding carboxylic acids is 1. The van der Waals surface area contributed by atoms with Gasteiger partial charge in [-0.25, -0.2) is 0 Å². The van der Waals surface area contributed by atoms with Gasteiger partial charge in [-0.15, -0.1) is 11.8 Å². The molecule has 0 atom stereocenters. The number of hydrogen-bond acceptors (Lipinski definition) is 3. The molecule has 0 fully saturated rings. The van der Waals surface area contributed by atoms with E-state index >= 15 is 0 Å². The second-order valence-corrected chi connectivity index (χ2v) is 6.23. The number of pyridine rings is 1. The topological polar surface area (TPSA) is 42.0 Å². The number of aromatic nitrogens is 1. The van der Waals surface area contributed by atoms with E-state index in [0.29, 0.717) is 12.1 Å². The van der Waals surface area contributed by atoms with Crippen LogP contribution in [0.4, 0.5) is 0 Å². The molecule has 1 aromatic heterocycles. The Morgan fingerprint density at radius 3 is 2.38 bits per heavy atom. The molecule has 1 N–H and O–H groups in total. The summed E-state index contributed by atoms with van der Waals surface area (Å²) in [4.78, 5) is 17.6. The molecule has 3 nitrogen and oxygen atoms in total. The lowest BCUT2D eigenvalue weighted by Crippen LogP contribution is -2.22. The summed E-state index contributed by atoms with van der Waals surface area (Å²) in [6.07, 6.45) is 5.61. The predicted octanol–water partition coefficient (Wildman–Crippen LogP) is 4.40. The van der Waals surface area contributed by atoms with Crippen LogP contribution in [-0.4, -0.2) is 17.1 Å². The molecular formula is C20H18N2OS. The van der Waals surface area contributed by atoms with E-state index in [-0.39, 0.29) is 5.91 Å². The largest absolute Gasteiger partial charge is 0.348 e. The van der Waals surface area contributed by atoms with Crippen LogP contribution >= 0.6 is 11.8 Å². The van der Waals surface area contributed by atoms with Gasteiger partial charge in [-0.1, -0.05) is 30.3 Å². The molecule has 0 bridgehead atoms. The van der Waals surface area contributed by atoms with Crippen LogP contribution < -0.4 is 5.32 Å². The molecule has 0 aliphatic rings. The third kappa shape index (κ3) is 4.03. The Hall–Kier alpha value is -2.59. The Bertz CT molecular complexity index is 799. The van der Waals surface area contributed by atoms with Gasteiger partial charge < -0.3 is 5.32 Å². The third-order valence-electron chi connectivity index (χ3n) is 3.75. The molecule has 1 amide bonds. The monoisotopic (exact) mass is 334 g/mol. The van der Waals surface area contributed by atoms with Gasteiger partial charge in [0.25, 0.3) is 5.91 Å². The van der Waals surface area contributed by atoms with Crippen molar-refractivity contribution in [2.45, 2.75) is 11.4 Å². The van der Waals surface area contributed by atoms with Crippen LogP contribution in [0.1, 0.15) is 15.9 Å². The molecule has 24 heavy (non-hydrogen) atoms. The summed E-state index contributed by atoms with van der Waals surface area (Å²) in [7, 11) is 0. The molecule has 120 valence electrons. The van der Waals surface area contributed by atoms with Crippen molar-refractivity contribution in [2.24, 2.45) is 0 Å². The summed E-state index contributed by atoms with van der Waals surface area (Å²) in [6, 6.07) is 19.7. The molecule has 3 aromatic rings. The number of hydrogen-bond donors (Lipinski definition) is 1. The van der Waals surface area contributed by atoms with E-state index in [4.69, 9.17) is 0 Å². The number of nitrogens with zero attached hydrogens (tertiary/aromatic N) is 1. The predicted molar refractivity (Wildman–Crippen MR) is 99.1 cm³/mol. The number of benzene rings is 2. The van der Waals surface area contributed by atoms with Crippen molar-refractivity contribution in [2.75, 3.05) is 6.26 Å². The molecule has 0 spiro atoms. The molecule has 2 aromatic carbocycles. The van der Waals surface area contributed by atoms with E-state index < -0.39 is 0 Å². The average molecular weight is 334 g/mol. The van der Waals surface area contributed by atoms with Gasteiger partial charge in [0.2, 0.25) is 0 Å². The minimum atomic E-state index is -0.0679. The van der Waals surface area contributed by atoms with E-state index in [0.717, 1.165) is 16.7 Å². The maximum Gasteiger partial charge on any atom is 0.251 e. The van der Waals surface area contributed by atoms with Crippen LogP contribution in [0.25, 0.3) is 11.1 Å². The van der Waals surface area contributed by atoms with Gasteiger partial charge in [0.15, 0.2) is 0 Å². The Labute approximate surface area is 146 Å². The maximum absolute atomic E-state index is 12.3. The lowest BCUT2D eigenvalue weighted by atomic mass is 10.1. The van der Waals surface area contributed by atoms with Crippen molar-refractivity contribution in [1.82, 2.24) is 10.3 Å². The highest BCUT2D eigenvalue weighted by molar-refractivity contribution is 7.98. The zero-order chi connectivity index (χ0) is 16.8. The maximum atomic E-state index is 12.3. The first-order valence-corrected chi connectivity index (χ1v) is 8.90. The first kappa shape index (κ1) is 16.3. The second kappa shape index (κ2) is 7.79. The second-order valence-electron chi connectivity index (χ2n) is 5.35. The van der Waals surface area contributed by atoms with Crippen molar-refractivity contribution in [3.63, 3.8) is 0 Å². The molecule has 1 heterocycles. The standard InChI is InChI=1S/C20H18N2OS/c1-24-19-10-4-15(5-11-19)13-22-20(23)17-8-6-16(7-9-17)18-3-2-12-21-14-18/h2-12,14H,13H2,1H3,(H,22,23). The summed E-state index contributed by atoms with van der Waals surface area (Å²) in [5.74, 6) is -0.0679. The van der Waals surface area contributed by atoms with E-state index in [2.05, 4.69) is 22.4 Å². The summed E-state index contributed by atoms with van der Waals surface area (Å²) < 4.78 is 0. The fourth-order valence-electron chi connectivity index (χ4n) is 2.38. The van der Waals surface area contributed by atoms with Crippen molar-refractivity contribution >= 4 is 17.7 Å². The SMILES string of the molecule is CSc1ccc(CNC(=O)c2ccc(-c3cccnc3)cc2)cc1. The molecular weight excluding hydrogens is 316 g/mol. The lowest BCUT2D eigenvalue weighted by molar-refractivity contribution is 0.0951. The van der Waals surface area contributed by atoms with Gasteiger partial charge in [0, 0.05) is 29.4 Å². The quantitative estimate of drug-likeness (QED) is 0.703. The van der Waals surface area contributed by atoms with Crippen LogP contribution in [0.3, 0.4) is 0 Å². The Kier molecular flexibility index (Phi) is 5.29. The highest BCUT2D eigenvalue weighted by atomic mass is 32.2. The van der Waals surface area contributed by atoms with Crippen LogP contribution in [-0.2, 0) is 6.54 Å². The molecule has 0 aliphatic carbocycles. The highest BCUT2D eigenvalue weighted by Crippen LogP contribution is 2.18. The highest BCUT2D eigenvalue weighted by Gasteiger charge is 2.06. The minimum absolute atomic E-state index is 0.0679. The molecule has 0 saturated heterocycles. The first-order chi connectivity index (χ1) is 11.8. The van der Waals surface area contributed by atoms with E-state index in [9.17, 15) is 4.79 Å². The third-order valence-corrected chi connectivity index (χ3v) is 4.50. The summed E-state index contributed by atoms with van der Waals surface area (Å²) in [5, 5.41) is 2.95. The van der Waals surface area contributed by atoms with Gasteiger partial charge in [-0.05, 0) is 53.3 Å². The number of rotatable bonds is 5. The molecule has 0 unspecified atom stereocenters. The Morgan fingerprint density at radius 1 is 1.00 bits per heavy atom. The van der Waals surface area contributed by atoms with Crippen molar-refractivity contribution in [3.8, 4) is 11.1 Å². The number of nitrogens with one attached hydrogen (secondary N) is 1. The lowest BCUT2D eigenvalue weighted by Gasteiger charge is -2.07. The van der Waals surface area contributed by atoms with Crippen LogP contribution in [0, 0.1) is 0 Å². The zero-order valence-corrected chi connectivity index (χ0v) is 14.2. The molecule has 4 heteroatoms. The van der Waals surface area contributed by atoms with Gasteiger partial charge >= 0.3 is 0 Å².